The van der Waals surface area contributed by atoms with Crippen molar-refractivity contribution in [1.82, 2.24) is 29.2 Å². The van der Waals surface area contributed by atoms with Crippen LogP contribution in [0, 0.1) is 0 Å². The highest BCUT2D eigenvalue weighted by atomic mass is 16.6. The predicted octanol–water partition coefficient (Wildman–Crippen LogP) is 5.72. The SMILES string of the molecule is C=CCn1c(=O)c2cnc(Nc3ccc4c(c3)[C@@H](C)N(C(=O)OC(C)(C)C)CC4(C)C)nc2n1-c1cccc(C(C)(C)O)n1. The van der Waals surface area contributed by atoms with Crippen molar-refractivity contribution >= 4 is 28.8 Å². The van der Waals surface area contributed by atoms with Gasteiger partial charge in [0, 0.05) is 23.8 Å². The van der Waals surface area contributed by atoms with Crippen LogP contribution in [0.5, 0.6) is 0 Å². The van der Waals surface area contributed by atoms with Gasteiger partial charge in [0.05, 0.1) is 18.3 Å². The van der Waals surface area contributed by atoms with Crippen LogP contribution in [0.15, 0.2) is 60.0 Å². The second-order valence-corrected chi connectivity index (χ2v) is 13.5. The van der Waals surface area contributed by atoms with Crippen LogP contribution in [-0.4, -0.2) is 52.6 Å². The number of ether oxygens (including phenoxy) is 1. The Kier molecular flexibility index (Phi) is 7.65. The normalized spacial score (nSPS) is 16.5. The zero-order valence-corrected chi connectivity index (χ0v) is 26.7. The van der Waals surface area contributed by atoms with Gasteiger partial charge in [0.15, 0.2) is 11.5 Å². The number of rotatable bonds is 6. The zero-order valence-electron chi connectivity index (χ0n) is 26.7. The Morgan fingerprint density at radius 1 is 1.18 bits per heavy atom. The van der Waals surface area contributed by atoms with Crippen molar-refractivity contribution < 1.29 is 14.6 Å². The maximum absolute atomic E-state index is 13.4. The number of amides is 1. The van der Waals surface area contributed by atoms with Crippen LogP contribution < -0.4 is 10.9 Å². The van der Waals surface area contributed by atoms with Crippen LogP contribution >= 0.6 is 0 Å². The van der Waals surface area contributed by atoms with Gasteiger partial charge in [-0.15, -0.1) is 6.58 Å². The minimum atomic E-state index is -1.18. The van der Waals surface area contributed by atoms with Crippen molar-refractivity contribution in [2.75, 3.05) is 11.9 Å². The summed E-state index contributed by atoms with van der Waals surface area (Å²) in [6.45, 7) is 19.7. The summed E-state index contributed by atoms with van der Waals surface area (Å²) in [6, 6.07) is 11.1. The molecule has 5 rings (SSSR count). The number of nitrogens with zero attached hydrogens (tertiary/aromatic N) is 6. The van der Waals surface area contributed by atoms with Gasteiger partial charge in [-0.3, -0.25) is 4.79 Å². The summed E-state index contributed by atoms with van der Waals surface area (Å²) in [5, 5.41) is 14.2. The Balaban J connectivity index is 1.55. The van der Waals surface area contributed by atoms with E-state index in [9.17, 15) is 14.7 Å². The Hall–Kier alpha value is -4.51. The average Bonchev–Trinajstić information content (AvgIpc) is 3.20. The number of aliphatic hydroxyl groups is 1. The van der Waals surface area contributed by atoms with Crippen molar-refractivity contribution in [3.05, 3.63) is 82.4 Å². The number of carbonyl (C=O) groups excluding carboxylic acids is 1. The quantitative estimate of drug-likeness (QED) is 0.269. The molecule has 11 heteroatoms. The highest BCUT2D eigenvalue weighted by Crippen LogP contribution is 2.41. The lowest BCUT2D eigenvalue weighted by atomic mass is 9.76. The summed E-state index contributed by atoms with van der Waals surface area (Å²) in [5.74, 6) is 0.711. The highest BCUT2D eigenvalue weighted by Gasteiger charge is 2.40. The molecule has 0 radical (unpaired) electrons. The largest absolute Gasteiger partial charge is 0.444 e. The maximum atomic E-state index is 13.4. The molecule has 0 saturated carbocycles. The van der Waals surface area contributed by atoms with Crippen molar-refractivity contribution in [1.29, 1.82) is 0 Å². The maximum Gasteiger partial charge on any atom is 0.410 e. The predicted molar refractivity (Wildman–Crippen MR) is 170 cm³/mol. The molecular weight excluding hydrogens is 558 g/mol. The number of allylic oxidation sites excluding steroid dienone is 1. The first-order valence-corrected chi connectivity index (χ1v) is 14.7. The number of pyridine rings is 1. The van der Waals surface area contributed by atoms with E-state index in [1.54, 1.807) is 47.7 Å². The van der Waals surface area contributed by atoms with Crippen LogP contribution in [-0.2, 0) is 22.3 Å². The molecule has 1 aromatic carbocycles. The van der Waals surface area contributed by atoms with E-state index in [4.69, 9.17) is 9.72 Å². The van der Waals surface area contributed by atoms with Gasteiger partial charge in [-0.1, -0.05) is 32.1 Å². The van der Waals surface area contributed by atoms with Gasteiger partial charge >= 0.3 is 6.09 Å². The Morgan fingerprint density at radius 2 is 1.91 bits per heavy atom. The Labute approximate surface area is 257 Å². The fraction of sp³-hybridized carbons (Fsp3) is 0.424. The lowest BCUT2D eigenvalue weighted by molar-refractivity contribution is 0.00996. The molecule has 4 heterocycles. The topological polar surface area (TPSA) is 127 Å². The van der Waals surface area contributed by atoms with Gasteiger partial charge in [-0.25, -0.2) is 24.1 Å². The van der Waals surface area contributed by atoms with Crippen molar-refractivity contribution in [2.45, 2.75) is 84.6 Å². The molecule has 44 heavy (non-hydrogen) atoms. The lowest BCUT2D eigenvalue weighted by Crippen LogP contribution is -2.48. The first-order valence-electron chi connectivity index (χ1n) is 14.7. The highest BCUT2D eigenvalue weighted by molar-refractivity contribution is 5.77. The molecule has 1 aliphatic heterocycles. The number of nitrogens with one attached hydrogen (secondary N) is 1. The van der Waals surface area contributed by atoms with E-state index >= 15 is 0 Å². The van der Waals surface area contributed by atoms with Gasteiger partial charge < -0.3 is 20.1 Å². The third-order valence-corrected chi connectivity index (χ3v) is 7.70. The Bertz CT molecular complexity index is 1810. The molecule has 232 valence electrons. The molecule has 0 fully saturated rings. The molecule has 3 aromatic heterocycles. The molecule has 1 aliphatic rings. The summed E-state index contributed by atoms with van der Waals surface area (Å²) in [5.41, 5.74) is 1.35. The summed E-state index contributed by atoms with van der Waals surface area (Å²) in [6.07, 6.45) is 2.77. The number of hydrogen-bond acceptors (Lipinski definition) is 8. The number of anilines is 2. The first-order chi connectivity index (χ1) is 20.5. The van der Waals surface area contributed by atoms with E-state index < -0.39 is 11.2 Å². The monoisotopic (exact) mass is 599 g/mol. The minimum Gasteiger partial charge on any atom is -0.444 e. The van der Waals surface area contributed by atoms with Crippen LogP contribution in [0.3, 0.4) is 0 Å². The molecule has 1 atom stereocenters. The molecular formula is C33H41N7O4. The van der Waals surface area contributed by atoms with Crippen molar-refractivity contribution in [3.8, 4) is 5.82 Å². The van der Waals surface area contributed by atoms with Crippen LogP contribution in [0.2, 0.25) is 0 Å². The first kappa shape index (κ1) is 30.9. The summed E-state index contributed by atoms with van der Waals surface area (Å²) in [4.78, 5) is 42.1. The Morgan fingerprint density at radius 3 is 2.57 bits per heavy atom. The standard InChI is InChI=1S/C33H41N7O4/c1-10-16-39-28(41)23-18-34-29(37-27(23)40(39)26-13-11-12-25(36-26)33(8,9)43)35-21-14-15-24-22(17-21)20(2)38(19-32(24,6)7)30(42)44-31(3,4)5/h10-15,17-18,20,43H,1,16,19H2,2-9H3,(H,34,35,37)/t20-/m1/s1. The summed E-state index contributed by atoms with van der Waals surface area (Å²) in [7, 11) is 0. The summed E-state index contributed by atoms with van der Waals surface area (Å²) >= 11 is 0. The number of fused-ring (bicyclic) bond motifs is 2. The second kappa shape index (κ2) is 10.9. The van der Waals surface area contributed by atoms with Gasteiger partial charge in [-0.05, 0) is 76.9 Å². The van der Waals surface area contributed by atoms with E-state index in [2.05, 4.69) is 41.8 Å². The van der Waals surface area contributed by atoms with E-state index in [0.29, 0.717) is 29.1 Å². The van der Waals surface area contributed by atoms with Gasteiger partial charge in [0.2, 0.25) is 5.95 Å². The number of benzene rings is 1. The smallest absolute Gasteiger partial charge is 0.410 e. The fourth-order valence-electron chi connectivity index (χ4n) is 5.58. The molecule has 0 aliphatic carbocycles. The molecule has 0 spiro atoms. The van der Waals surface area contributed by atoms with Crippen molar-refractivity contribution in [3.63, 3.8) is 0 Å². The average molecular weight is 600 g/mol. The lowest BCUT2D eigenvalue weighted by Gasteiger charge is -2.44. The van der Waals surface area contributed by atoms with Crippen molar-refractivity contribution in [2.24, 2.45) is 0 Å². The number of carbonyl (C=O) groups is 1. The molecule has 11 nitrogen and oxygen atoms in total. The van der Waals surface area contributed by atoms with Crippen LogP contribution in [0.1, 0.15) is 78.3 Å². The van der Waals surface area contributed by atoms with Gasteiger partial charge in [-0.2, -0.15) is 4.98 Å². The zero-order chi connectivity index (χ0) is 32.2. The molecule has 0 bridgehead atoms. The molecule has 0 saturated heterocycles. The fourth-order valence-corrected chi connectivity index (χ4v) is 5.58. The van der Waals surface area contributed by atoms with E-state index in [0.717, 1.165) is 16.8 Å². The second-order valence-electron chi connectivity index (χ2n) is 13.5. The van der Waals surface area contributed by atoms with Crippen LogP contribution in [0.25, 0.3) is 16.9 Å². The minimum absolute atomic E-state index is 0.217. The molecule has 1 amide bonds. The van der Waals surface area contributed by atoms with Gasteiger partial charge in [0.25, 0.3) is 5.56 Å². The number of aromatic nitrogens is 5. The number of hydrogen-bond donors (Lipinski definition) is 2. The van der Waals surface area contributed by atoms with E-state index in [-0.39, 0.29) is 35.6 Å². The van der Waals surface area contributed by atoms with E-state index in [1.807, 2.05) is 39.8 Å². The van der Waals surface area contributed by atoms with Gasteiger partial charge in [0.1, 0.15) is 16.6 Å². The van der Waals surface area contributed by atoms with Crippen LogP contribution in [0.4, 0.5) is 16.4 Å². The molecule has 4 aromatic rings. The third kappa shape index (κ3) is 5.84. The molecule has 2 N–H and O–H groups in total. The molecule has 0 unspecified atom stereocenters. The summed E-state index contributed by atoms with van der Waals surface area (Å²) < 4.78 is 8.83. The third-order valence-electron chi connectivity index (χ3n) is 7.70. The van der Waals surface area contributed by atoms with E-state index in [1.165, 1.54) is 10.9 Å².